The van der Waals surface area contributed by atoms with Gasteiger partial charge in [-0.2, -0.15) is 0 Å². The molecule has 0 aliphatic heterocycles. The molecular weight excluding hydrogens is 238 g/mol. The van der Waals surface area contributed by atoms with Crippen LogP contribution in [0.15, 0.2) is 0 Å². The molecule has 0 aromatic rings. The Bertz CT molecular complexity index is 282. The van der Waals surface area contributed by atoms with Gasteiger partial charge < -0.3 is 9.64 Å². The normalized spacial score (nSPS) is 18.8. The Hall–Kier alpha value is -0.570. The molecule has 3 nitrogen and oxygen atoms in total. The zero-order valence-electron chi connectivity index (χ0n) is 13.4. The number of nitrogens with zero attached hydrogens (tertiary/aromatic N) is 1. The summed E-state index contributed by atoms with van der Waals surface area (Å²) in [6, 6.07) is 0.598. The Morgan fingerprint density at radius 2 is 1.95 bits per heavy atom. The molecule has 0 amide bonds. The molecule has 0 spiro atoms. The van der Waals surface area contributed by atoms with Crippen molar-refractivity contribution in [2.24, 2.45) is 11.3 Å². The van der Waals surface area contributed by atoms with Crippen molar-refractivity contribution in [2.75, 3.05) is 20.2 Å². The number of ether oxygens (including phenoxy) is 1. The van der Waals surface area contributed by atoms with E-state index in [0.29, 0.717) is 12.6 Å². The lowest BCUT2D eigenvalue weighted by molar-refractivity contribution is -0.154. The van der Waals surface area contributed by atoms with Crippen molar-refractivity contribution in [3.8, 4) is 0 Å². The van der Waals surface area contributed by atoms with Crippen LogP contribution < -0.4 is 0 Å². The summed E-state index contributed by atoms with van der Waals surface area (Å²) in [6.07, 6.45) is 6.29. The maximum absolute atomic E-state index is 11.9. The first-order valence-corrected chi connectivity index (χ1v) is 7.76. The van der Waals surface area contributed by atoms with Gasteiger partial charge in [-0.15, -0.1) is 0 Å². The van der Waals surface area contributed by atoms with E-state index in [1.807, 2.05) is 20.8 Å². The van der Waals surface area contributed by atoms with Crippen LogP contribution in [0.5, 0.6) is 0 Å². The van der Waals surface area contributed by atoms with Crippen molar-refractivity contribution < 1.29 is 9.53 Å². The third-order valence-electron chi connectivity index (χ3n) is 4.89. The molecule has 1 aliphatic rings. The lowest BCUT2D eigenvalue weighted by atomic mass is 9.91. The molecule has 1 rings (SSSR count). The van der Waals surface area contributed by atoms with Gasteiger partial charge in [0.15, 0.2) is 0 Å². The molecule has 1 atom stereocenters. The summed E-state index contributed by atoms with van der Waals surface area (Å²) >= 11 is 0. The topological polar surface area (TPSA) is 29.5 Å². The fourth-order valence-electron chi connectivity index (χ4n) is 2.63. The Morgan fingerprint density at radius 1 is 1.37 bits per heavy atom. The van der Waals surface area contributed by atoms with E-state index < -0.39 is 0 Å². The summed E-state index contributed by atoms with van der Waals surface area (Å²) in [6.45, 7) is 9.56. The van der Waals surface area contributed by atoms with Crippen LogP contribution in [-0.2, 0) is 9.53 Å². The molecule has 0 bridgehead atoms. The molecule has 19 heavy (non-hydrogen) atoms. The van der Waals surface area contributed by atoms with Crippen LogP contribution in [0.1, 0.15) is 59.8 Å². The molecule has 0 unspecified atom stereocenters. The SMILES string of the molecule is CCC(C)(C)C(=O)OCCN(C)[C@@H](C)C1CCCC1. The van der Waals surface area contributed by atoms with Crippen LogP contribution >= 0.6 is 0 Å². The van der Waals surface area contributed by atoms with Crippen molar-refractivity contribution in [3.63, 3.8) is 0 Å². The summed E-state index contributed by atoms with van der Waals surface area (Å²) in [7, 11) is 2.14. The van der Waals surface area contributed by atoms with Crippen LogP contribution in [0.3, 0.4) is 0 Å². The average molecular weight is 269 g/mol. The maximum atomic E-state index is 11.9. The van der Waals surface area contributed by atoms with Gasteiger partial charge in [-0.25, -0.2) is 0 Å². The number of hydrogen-bond acceptors (Lipinski definition) is 3. The summed E-state index contributed by atoms with van der Waals surface area (Å²) in [5, 5.41) is 0. The van der Waals surface area contributed by atoms with Crippen LogP contribution in [0.4, 0.5) is 0 Å². The highest BCUT2D eigenvalue weighted by Crippen LogP contribution is 2.29. The van der Waals surface area contributed by atoms with E-state index >= 15 is 0 Å². The molecule has 1 saturated carbocycles. The summed E-state index contributed by atoms with van der Waals surface area (Å²) in [4.78, 5) is 14.2. The van der Waals surface area contributed by atoms with Gasteiger partial charge in [0.25, 0.3) is 0 Å². The van der Waals surface area contributed by atoms with E-state index in [0.717, 1.165) is 18.9 Å². The molecule has 0 aromatic carbocycles. The van der Waals surface area contributed by atoms with Crippen molar-refractivity contribution in [1.82, 2.24) is 4.90 Å². The quantitative estimate of drug-likeness (QED) is 0.663. The number of esters is 1. The van der Waals surface area contributed by atoms with Crippen molar-refractivity contribution >= 4 is 5.97 Å². The first-order valence-electron chi connectivity index (χ1n) is 7.76. The van der Waals surface area contributed by atoms with Gasteiger partial charge in [-0.3, -0.25) is 4.79 Å². The minimum atomic E-state index is -0.352. The van der Waals surface area contributed by atoms with Crippen molar-refractivity contribution in [2.45, 2.75) is 65.8 Å². The summed E-state index contributed by atoms with van der Waals surface area (Å²) < 4.78 is 5.40. The Labute approximate surface area is 118 Å². The fraction of sp³-hybridized carbons (Fsp3) is 0.938. The third kappa shape index (κ3) is 4.79. The highest BCUT2D eigenvalue weighted by atomic mass is 16.5. The number of carbonyl (C=O) groups excluding carboxylic acids is 1. The molecule has 1 fully saturated rings. The second-order valence-corrected chi connectivity index (χ2v) is 6.64. The summed E-state index contributed by atoms with van der Waals surface area (Å²) in [5.41, 5.74) is -0.352. The predicted molar refractivity (Wildman–Crippen MR) is 79.1 cm³/mol. The molecule has 0 aromatic heterocycles. The van der Waals surface area contributed by atoms with Gasteiger partial charge >= 0.3 is 5.97 Å². The molecule has 0 heterocycles. The van der Waals surface area contributed by atoms with E-state index in [1.54, 1.807) is 0 Å². The molecule has 0 saturated heterocycles. The van der Waals surface area contributed by atoms with E-state index in [4.69, 9.17) is 4.74 Å². The zero-order chi connectivity index (χ0) is 14.5. The molecule has 3 heteroatoms. The number of carbonyl (C=O) groups is 1. The van der Waals surface area contributed by atoms with E-state index in [-0.39, 0.29) is 11.4 Å². The molecule has 0 N–H and O–H groups in total. The lowest BCUT2D eigenvalue weighted by Crippen LogP contribution is -2.37. The lowest BCUT2D eigenvalue weighted by Gasteiger charge is -2.30. The molecule has 0 radical (unpaired) electrons. The van der Waals surface area contributed by atoms with Gasteiger partial charge in [0, 0.05) is 12.6 Å². The van der Waals surface area contributed by atoms with E-state index in [9.17, 15) is 4.79 Å². The minimum Gasteiger partial charge on any atom is -0.464 e. The largest absolute Gasteiger partial charge is 0.464 e. The van der Waals surface area contributed by atoms with Crippen molar-refractivity contribution in [3.05, 3.63) is 0 Å². The number of rotatable bonds is 7. The molecule has 112 valence electrons. The van der Waals surface area contributed by atoms with E-state index in [2.05, 4.69) is 18.9 Å². The van der Waals surface area contributed by atoms with Crippen LogP contribution in [0, 0.1) is 11.3 Å². The first kappa shape index (κ1) is 16.5. The second-order valence-electron chi connectivity index (χ2n) is 6.64. The highest BCUT2D eigenvalue weighted by molar-refractivity contribution is 5.75. The highest BCUT2D eigenvalue weighted by Gasteiger charge is 2.28. The fourth-order valence-corrected chi connectivity index (χ4v) is 2.63. The van der Waals surface area contributed by atoms with Gasteiger partial charge in [0.2, 0.25) is 0 Å². The summed E-state index contributed by atoms with van der Waals surface area (Å²) in [5.74, 6) is 0.754. The van der Waals surface area contributed by atoms with Gasteiger partial charge in [0.1, 0.15) is 6.61 Å². The standard InChI is InChI=1S/C16H31NO2/c1-6-16(3,4)15(18)19-12-11-17(5)13(2)14-9-7-8-10-14/h13-14H,6-12H2,1-5H3/t13-/m0/s1. The molecule has 1 aliphatic carbocycles. The zero-order valence-corrected chi connectivity index (χ0v) is 13.4. The first-order chi connectivity index (χ1) is 8.88. The van der Waals surface area contributed by atoms with Gasteiger partial charge in [-0.1, -0.05) is 19.8 Å². The smallest absolute Gasteiger partial charge is 0.311 e. The second kappa shape index (κ2) is 7.28. The average Bonchev–Trinajstić information content (AvgIpc) is 2.91. The van der Waals surface area contributed by atoms with Gasteiger partial charge in [-0.05, 0) is 53.0 Å². The monoisotopic (exact) mass is 269 g/mol. The van der Waals surface area contributed by atoms with Crippen molar-refractivity contribution in [1.29, 1.82) is 0 Å². The Kier molecular flexibility index (Phi) is 6.31. The van der Waals surface area contributed by atoms with Crippen LogP contribution in [0.25, 0.3) is 0 Å². The number of hydrogen-bond donors (Lipinski definition) is 0. The number of likely N-dealkylation sites (N-methyl/N-ethyl adjacent to an activating group) is 1. The third-order valence-corrected chi connectivity index (χ3v) is 4.89. The predicted octanol–water partition coefficient (Wildman–Crippen LogP) is 3.48. The van der Waals surface area contributed by atoms with E-state index in [1.165, 1.54) is 25.7 Å². The van der Waals surface area contributed by atoms with Crippen LogP contribution in [0.2, 0.25) is 0 Å². The maximum Gasteiger partial charge on any atom is 0.311 e. The molecular formula is C16H31NO2. The van der Waals surface area contributed by atoms with Crippen LogP contribution in [-0.4, -0.2) is 37.1 Å². The Morgan fingerprint density at radius 3 is 2.47 bits per heavy atom. The van der Waals surface area contributed by atoms with Gasteiger partial charge in [0.05, 0.1) is 5.41 Å². The Balaban J connectivity index is 2.26. The minimum absolute atomic E-state index is 0.0723.